The number of carbonyl (C=O) groups excluding carboxylic acids is 1. The number of carbonyl (C=O) groups is 1. The lowest BCUT2D eigenvalue weighted by molar-refractivity contribution is -0.137. The summed E-state index contributed by atoms with van der Waals surface area (Å²) in [4.78, 5) is 12.0. The van der Waals surface area contributed by atoms with E-state index in [0.717, 1.165) is 12.1 Å². The molecule has 1 unspecified atom stereocenters. The van der Waals surface area contributed by atoms with Crippen LogP contribution in [0.5, 0.6) is 0 Å². The first kappa shape index (κ1) is 19.3. The molecule has 1 heterocycles. The predicted molar refractivity (Wildman–Crippen MR) is 90.1 cm³/mol. The third-order valence-electron chi connectivity index (χ3n) is 4.37. The Morgan fingerprint density at radius 1 is 1.11 bits per heavy atom. The number of alkyl halides is 5. The summed E-state index contributed by atoms with van der Waals surface area (Å²) in [7, 11) is 0. The Morgan fingerprint density at radius 3 is 2.41 bits per heavy atom. The summed E-state index contributed by atoms with van der Waals surface area (Å²) in [6.45, 7) is -0.383. The highest BCUT2D eigenvalue weighted by atomic mass is 19.4. The van der Waals surface area contributed by atoms with Gasteiger partial charge in [-0.1, -0.05) is 30.3 Å². The van der Waals surface area contributed by atoms with Gasteiger partial charge in [-0.15, -0.1) is 0 Å². The second-order valence-electron chi connectivity index (χ2n) is 6.49. The maximum absolute atomic E-state index is 13.1. The molecule has 0 aromatic heterocycles. The average molecular weight is 384 g/mol. The molecule has 1 aliphatic rings. The summed E-state index contributed by atoms with van der Waals surface area (Å²) in [5, 5.41) is 5.09. The fourth-order valence-electron chi connectivity index (χ4n) is 2.93. The van der Waals surface area contributed by atoms with E-state index in [9.17, 15) is 26.7 Å². The summed E-state index contributed by atoms with van der Waals surface area (Å²) >= 11 is 0. The van der Waals surface area contributed by atoms with Crippen LogP contribution >= 0.6 is 0 Å². The van der Waals surface area contributed by atoms with E-state index in [0.29, 0.717) is 16.7 Å². The fraction of sp³-hybridized carbons (Fsp3) is 0.316. The van der Waals surface area contributed by atoms with Crippen LogP contribution < -0.4 is 10.6 Å². The van der Waals surface area contributed by atoms with E-state index in [1.54, 1.807) is 24.3 Å². The Bertz CT molecular complexity index is 818. The van der Waals surface area contributed by atoms with Crippen LogP contribution in [0.25, 0.3) is 11.1 Å². The molecule has 0 spiro atoms. The number of halogens is 5. The molecule has 1 amide bonds. The second kappa shape index (κ2) is 7.26. The maximum Gasteiger partial charge on any atom is 0.416 e. The van der Waals surface area contributed by atoms with Crippen molar-refractivity contribution in [3.05, 3.63) is 59.7 Å². The maximum atomic E-state index is 13.1. The van der Waals surface area contributed by atoms with Crippen LogP contribution in [0.2, 0.25) is 0 Å². The van der Waals surface area contributed by atoms with Crippen molar-refractivity contribution in [2.75, 3.05) is 6.54 Å². The number of benzene rings is 2. The normalized spacial score (nSPS) is 19.1. The van der Waals surface area contributed by atoms with E-state index in [4.69, 9.17) is 0 Å². The Labute approximate surface area is 152 Å². The number of amides is 1. The molecule has 8 heteroatoms. The van der Waals surface area contributed by atoms with E-state index in [-0.39, 0.29) is 6.54 Å². The summed E-state index contributed by atoms with van der Waals surface area (Å²) < 4.78 is 64.2. The molecule has 2 aromatic carbocycles. The van der Waals surface area contributed by atoms with Crippen LogP contribution in [0, 0.1) is 0 Å². The van der Waals surface area contributed by atoms with Crippen molar-refractivity contribution in [1.29, 1.82) is 0 Å². The van der Waals surface area contributed by atoms with Crippen LogP contribution in [-0.4, -0.2) is 24.4 Å². The molecule has 27 heavy (non-hydrogen) atoms. The Morgan fingerprint density at radius 2 is 1.81 bits per heavy atom. The topological polar surface area (TPSA) is 41.1 Å². The third-order valence-corrected chi connectivity index (χ3v) is 4.37. The highest BCUT2D eigenvalue weighted by Gasteiger charge is 2.42. The lowest BCUT2D eigenvalue weighted by atomic mass is 10.0. The smallest absolute Gasteiger partial charge is 0.351 e. The zero-order valence-electron chi connectivity index (χ0n) is 14.1. The van der Waals surface area contributed by atoms with Crippen LogP contribution in [0.15, 0.2) is 48.5 Å². The highest BCUT2D eigenvalue weighted by Crippen LogP contribution is 2.31. The number of rotatable bonds is 4. The standard InChI is InChI=1S/C19H17F5N2O/c20-18(21)9-16(26-11-18)17(27)25-10-12-2-1-3-14(8-12)13-4-6-15(7-5-13)19(22,23)24/h1-8,16,26H,9-11H2,(H,25,27). The summed E-state index contributed by atoms with van der Waals surface area (Å²) in [6.07, 6.45) is -4.93. The molecule has 1 saturated heterocycles. The summed E-state index contributed by atoms with van der Waals surface area (Å²) in [5.41, 5.74) is 1.29. The first-order chi connectivity index (χ1) is 12.6. The van der Waals surface area contributed by atoms with Gasteiger partial charge in [0.2, 0.25) is 5.91 Å². The van der Waals surface area contributed by atoms with Crippen LogP contribution in [0.1, 0.15) is 17.5 Å². The van der Waals surface area contributed by atoms with Gasteiger partial charge in [0, 0.05) is 13.0 Å². The molecule has 0 saturated carbocycles. The molecule has 1 fully saturated rings. The van der Waals surface area contributed by atoms with Gasteiger partial charge in [0.1, 0.15) is 0 Å². The molecule has 1 atom stereocenters. The van der Waals surface area contributed by atoms with Gasteiger partial charge in [-0.2, -0.15) is 13.2 Å². The van der Waals surface area contributed by atoms with Gasteiger partial charge in [0.05, 0.1) is 18.2 Å². The molecule has 3 nitrogen and oxygen atoms in total. The number of nitrogens with one attached hydrogen (secondary N) is 2. The minimum absolute atomic E-state index is 0.136. The molecule has 3 rings (SSSR count). The van der Waals surface area contributed by atoms with Gasteiger partial charge in [0.25, 0.3) is 5.92 Å². The van der Waals surface area contributed by atoms with Gasteiger partial charge in [-0.25, -0.2) is 8.78 Å². The molecule has 1 aliphatic heterocycles. The lowest BCUT2D eigenvalue weighted by Crippen LogP contribution is -2.40. The minimum Gasteiger partial charge on any atom is -0.351 e. The SMILES string of the molecule is O=C(NCc1cccc(-c2ccc(C(F)(F)F)cc2)c1)C1CC(F)(F)CN1. The molecule has 2 aromatic rings. The first-order valence-electron chi connectivity index (χ1n) is 8.30. The van der Waals surface area contributed by atoms with Gasteiger partial charge < -0.3 is 5.32 Å². The second-order valence-corrected chi connectivity index (χ2v) is 6.49. The van der Waals surface area contributed by atoms with Gasteiger partial charge in [0.15, 0.2) is 0 Å². The van der Waals surface area contributed by atoms with Gasteiger partial charge in [-0.3, -0.25) is 10.1 Å². The van der Waals surface area contributed by atoms with E-state index in [1.165, 1.54) is 12.1 Å². The third kappa shape index (κ3) is 4.82. The lowest BCUT2D eigenvalue weighted by Gasteiger charge is -2.12. The average Bonchev–Trinajstić information content (AvgIpc) is 2.99. The molecule has 0 radical (unpaired) electrons. The molecule has 2 N–H and O–H groups in total. The van der Waals surface area contributed by atoms with Crippen molar-refractivity contribution in [2.45, 2.75) is 31.1 Å². The van der Waals surface area contributed by atoms with Crippen LogP contribution in [0.4, 0.5) is 22.0 Å². The zero-order chi connectivity index (χ0) is 19.7. The molecule has 0 aliphatic carbocycles. The van der Waals surface area contributed by atoms with E-state index < -0.39 is 42.6 Å². The first-order valence-corrected chi connectivity index (χ1v) is 8.30. The Hall–Kier alpha value is -2.48. The van der Waals surface area contributed by atoms with Crippen molar-refractivity contribution in [1.82, 2.24) is 10.6 Å². The van der Waals surface area contributed by atoms with Crippen LogP contribution in [-0.2, 0) is 17.5 Å². The number of hydrogen-bond acceptors (Lipinski definition) is 2. The molecular weight excluding hydrogens is 367 g/mol. The summed E-state index contributed by atoms with van der Waals surface area (Å²) in [6, 6.07) is 10.8. The summed E-state index contributed by atoms with van der Waals surface area (Å²) in [5.74, 6) is -3.39. The predicted octanol–water partition coefficient (Wildman–Crippen LogP) is 3.99. The molecular formula is C19H17F5N2O. The van der Waals surface area contributed by atoms with Crippen molar-refractivity contribution in [3.8, 4) is 11.1 Å². The van der Waals surface area contributed by atoms with E-state index >= 15 is 0 Å². The van der Waals surface area contributed by atoms with Crippen molar-refractivity contribution in [3.63, 3.8) is 0 Å². The fourth-order valence-corrected chi connectivity index (χ4v) is 2.93. The highest BCUT2D eigenvalue weighted by molar-refractivity contribution is 5.82. The van der Waals surface area contributed by atoms with Crippen LogP contribution in [0.3, 0.4) is 0 Å². The van der Waals surface area contributed by atoms with Crippen molar-refractivity contribution >= 4 is 5.91 Å². The van der Waals surface area contributed by atoms with Crippen molar-refractivity contribution < 1.29 is 26.7 Å². The van der Waals surface area contributed by atoms with E-state index in [1.807, 2.05) is 0 Å². The Balaban J connectivity index is 1.65. The molecule has 0 bridgehead atoms. The van der Waals surface area contributed by atoms with Gasteiger partial charge >= 0.3 is 6.18 Å². The van der Waals surface area contributed by atoms with E-state index in [2.05, 4.69) is 10.6 Å². The Kier molecular flexibility index (Phi) is 5.19. The largest absolute Gasteiger partial charge is 0.416 e. The number of hydrogen-bond donors (Lipinski definition) is 2. The zero-order valence-corrected chi connectivity index (χ0v) is 14.1. The minimum atomic E-state index is -4.39. The molecule has 144 valence electrons. The van der Waals surface area contributed by atoms with Crippen molar-refractivity contribution in [2.24, 2.45) is 0 Å². The monoisotopic (exact) mass is 384 g/mol. The van der Waals surface area contributed by atoms with Gasteiger partial charge in [-0.05, 0) is 34.9 Å². The quantitative estimate of drug-likeness (QED) is 0.783.